The molecule has 7 rings (SSSR count). The van der Waals surface area contributed by atoms with Gasteiger partial charge in [-0.3, -0.25) is 0 Å². The van der Waals surface area contributed by atoms with Crippen LogP contribution in [0.2, 0.25) is 0 Å². The first-order chi connectivity index (χ1) is 26.0. The zero-order chi connectivity index (χ0) is 39.8. The van der Waals surface area contributed by atoms with Crippen molar-refractivity contribution in [2.75, 3.05) is 6.61 Å². The lowest BCUT2D eigenvalue weighted by atomic mass is 9.97. The van der Waals surface area contributed by atoms with E-state index in [0.717, 1.165) is 6.07 Å². The summed E-state index contributed by atoms with van der Waals surface area (Å²) in [6.07, 6.45) is -10.7. The van der Waals surface area contributed by atoms with Gasteiger partial charge in [-0.25, -0.2) is 19.2 Å². The Hall–Kier alpha value is -7.52. The van der Waals surface area contributed by atoms with Gasteiger partial charge in [0.15, 0.2) is 75.5 Å². The molecule has 5 atom stereocenters. The number of cyclic esters (lactones) is 1. The van der Waals surface area contributed by atoms with Gasteiger partial charge in [-0.1, -0.05) is 0 Å². The summed E-state index contributed by atoms with van der Waals surface area (Å²) in [4.78, 5) is 54.1. The van der Waals surface area contributed by atoms with Crippen molar-refractivity contribution in [3.05, 3.63) is 58.7 Å². The molecule has 1 saturated heterocycles. The lowest BCUT2D eigenvalue weighted by molar-refractivity contribution is -0.283. The van der Waals surface area contributed by atoms with Crippen LogP contribution < -0.4 is 0 Å². The van der Waals surface area contributed by atoms with Crippen molar-refractivity contribution in [1.82, 2.24) is 0 Å². The lowest BCUT2D eigenvalue weighted by Gasteiger charge is -2.42. The van der Waals surface area contributed by atoms with Crippen LogP contribution in [0.25, 0.3) is 21.9 Å². The third kappa shape index (κ3) is 5.84. The first kappa shape index (κ1) is 35.9. The second kappa shape index (κ2) is 12.9. The van der Waals surface area contributed by atoms with Gasteiger partial charge in [-0.05, 0) is 36.4 Å². The number of rotatable bonds is 4. The second-order valence-corrected chi connectivity index (χ2v) is 12.1. The Balaban J connectivity index is 1.34. The molecule has 55 heavy (non-hydrogen) atoms. The van der Waals surface area contributed by atoms with E-state index in [9.17, 15) is 75.3 Å². The van der Waals surface area contributed by atoms with E-state index in [2.05, 4.69) is 0 Å². The van der Waals surface area contributed by atoms with Crippen molar-refractivity contribution >= 4 is 45.8 Å². The zero-order valence-corrected chi connectivity index (χ0v) is 27.1. The Morgan fingerprint density at radius 2 is 1.04 bits per heavy atom. The van der Waals surface area contributed by atoms with Crippen molar-refractivity contribution in [3.63, 3.8) is 0 Å². The number of esters is 4. The Labute approximate surface area is 302 Å². The molecule has 1 aromatic heterocycles. The number of aliphatic hydroxyl groups excluding tert-OH is 1. The molecule has 2 aliphatic rings. The largest absolute Gasteiger partial charge is 0.504 e. The van der Waals surface area contributed by atoms with E-state index in [1.807, 2.05) is 0 Å². The molecule has 0 bridgehead atoms. The molecule has 0 aliphatic carbocycles. The van der Waals surface area contributed by atoms with Crippen molar-refractivity contribution in [2.24, 2.45) is 0 Å². The normalized spacial score (nSPS) is 21.0. The minimum Gasteiger partial charge on any atom is -0.504 e. The molecule has 11 N–H and O–H groups in total. The molecule has 0 radical (unpaired) electrons. The van der Waals surface area contributed by atoms with Gasteiger partial charge in [-0.2, -0.15) is 0 Å². The first-order valence-electron chi connectivity index (χ1n) is 15.5. The minimum atomic E-state index is -2.35. The average molecular weight is 769 g/mol. The molecule has 2 aliphatic heterocycles. The fourth-order valence-corrected chi connectivity index (χ4v) is 6.02. The molecule has 0 saturated carbocycles. The van der Waals surface area contributed by atoms with Crippen LogP contribution in [0.3, 0.4) is 0 Å². The summed E-state index contributed by atoms with van der Waals surface area (Å²) in [5.74, 6) is -15.4. The zero-order valence-electron chi connectivity index (χ0n) is 27.1. The highest BCUT2D eigenvalue weighted by Crippen LogP contribution is 2.48. The average Bonchev–Trinajstić information content (AvgIpc) is 3.54. The van der Waals surface area contributed by atoms with E-state index in [-0.39, 0.29) is 0 Å². The highest BCUT2D eigenvalue weighted by Gasteiger charge is 2.52. The number of phenols is 10. The number of aliphatic hydroxyl groups is 1. The standard InChI is InChI=1S/C34H24O21/c35-12-1-8(2-13(36)21(12)41)30(46)54-29-25(45)34(55-31(47)9-3-14(37)22(42)15(38)4-9)51-18-7-50-32(48)10-5-16(39)23(43)27-19(10)20-11(33(49)53-26(18)29)6-17(40)24(44)28(20)52-27/h1-6,18,25-26,29,34-45H,7H2/t18-,25-,26+,29+,34+/m1/s1. The van der Waals surface area contributed by atoms with Crippen molar-refractivity contribution in [2.45, 2.75) is 30.7 Å². The van der Waals surface area contributed by atoms with Crippen molar-refractivity contribution < 1.29 is 103 Å². The molecule has 21 nitrogen and oxygen atoms in total. The number of fused-ring (bicyclic) bond motifs is 1. The Morgan fingerprint density at radius 1 is 0.600 bits per heavy atom. The van der Waals surface area contributed by atoms with Gasteiger partial charge in [0.25, 0.3) is 0 Å². The van der Waals surface area contributed by atoms with Gasteiger partial charge in [0.2, 0.25) is 17.8 Å². The van der Waals surface area contributed by atoms with E-state index >= 15 is 0 Å². The topological polar surface area (TPSA) is 350 Å². The van der Waals surface area contributed by atoms with Crippen LogP contribution in [-0.2, 0) is 23.7 Å². The number of furan rings is 1. The number of benzene rings is 4. The van der Waals surface area contributed by atoms with Gasteiger partial charge < -0.3 is 84.3 Å². The van der Waals surface area contributed by atoms with Crippen LogP contribution in [0.5, 0.6) is 57.5 Å². The highest BCUT2D eigenvalue weighted by atomic mass is 16.7. The predicted octanol–water partition coefficient (Wildman–Crippen LogP) is 1.51. The molecular weight excluding hydrogens is 744 g/mol. The maximum absolute atomic E-state index is 14.0. The number of carbonyl (C=O) groups excluding carboxylic acids is 4. The maximum Gasteiger partial charge on any atom is 0.340 e. The molecule has 4 aromatic carbocycles. The predicted molar refractivity (Wildman–Crippen MR) is 172 cm³/mol. The van der Waals surface area contributed by atoms with Crippen LogP contribution in [0, 0.1) is 0 Å². The molecule has 0 spiro atoms. The fraction of sp³-hybridized carbons (Fsp3) is 0.176. The third-order valence-corrected chi connectivity index (χ3v) is 8.68. The quantitative estimate of drug-likeness (QED) is 0.0701. The smallest absolute Gasteiger partial charge is 0.340 e. The van der Waals surface area contributed by atoms with Crippen LogP contribution in [0.15, 0.2) is 40.8 Å². The van der Waals surface area contributed by atoms with Gasteiger partial charge in [0, 0.05) is 10.8 Å². The number of ether oxygens (including phenoxy) is 5. The van der Waals surface area contributed by atoms with Gasteiger partial charge >= 0.3 is 23.9 Å². The van der Waals surface area contributed by atoms with Crippen LogP contribution in [0.4, 0.5) is 0 Å². The number of carbonyl (C=O) groups is 4. The molecule has 5 aromatic rings. The summed E-state index contributed by atoms with van der Waals surface area (Å²) in [5, 5.41) is 112. The Bertz CT molecular complexity index is 2440. The van der Waals surface area contributed by atoms with Gasteiger partial charge in [-0.15, -0.1) is 0 Å². The molecule has 0 unspecified atom stereocenters. The highest BCUT2D eigenvalue weighted by molar-refractivity contribution is 6.23. The number of aromatic hydroxyl groups is 10. The first-order valence-corrected chi connectivity index (χ1v) is 15.5. The lowest BCUT2D eigenvalue weighted by Crippen LogP contribution is -2.62. The monoisotopic (exact) mass is 768 g/mol. The summed E-state index contributed by atoms with van der Waals surface area (Å²) in [7, 11) is 0. The summed E-state index contributed by atoms with van der Waals surface area (Å²) < 4.78 is 32.8. The van der Waals surface area contributed by atoms with Gasteiger partial charge in [0.05, 0.1) is 22.3 Å². The van der Waals surface area contributed by atoms with Crippen molar-refractivity contribution in [1.29, 1.82) is 0 Å². The van der Waals surface area contributed by atoms with Crippen LogP contribution in [0.1, 0.15) is 41.4 Å². The van der Waals surface area contributed by atoms with Crippen molar-refractivity contribution in [3.8, 4) is 57.5 Å². The Morgan fingerprint density at radius 3 is 1.53 bits per heavy atom. The van der Waals surface area contributed by atoms with E-state index < -0.39 is 163 Å². The van der Waals surface area contributed by atoms with Crippen LogP contribution >= 0.6 is 0 Å². The molecule has 3 heterocycles. The van der Waals surface area contributed by atoms with E-state index in [4.69, 9.17) is 28.1 Å². The number of phenolic OH excluding ortho intramolecular Hbond substituents is 10. The van der Waals surface area contributed by atoms with E-state index in [1.54, 1.807) is 0 Å². The molecule has 1 fully saturated rings. The Kier molecular flexibility index (Phi) is 8.38. The summed E-state index contributed by atoms with van der Waals surface area (Å²) >= 11 is 0. The van der Waals surface area contributed by atoms with Crippen LogP contribution in [-0.4, -0.2) is 117 Å². The molecule has 21 heteroatoms. The summed E-state index contributed by atoms with van der Waals surface area (Å²) in [5.41, 5.74) is -3.83. The van der Waals surface area contributed by atoms with Gasteiger partial charge in [0.1, 0.15) is 12.7 Å². The SMILES string of the molecule is O=C(O[C@@H]1O[C@@H]2COC(=O)c3cc(O)c(O)c4oc5c(O)c(O)cc(c5c34)C(=O)O[C@@H]2[C@@H](OC(=O)c2cc(O)c(O)c(O)c2)[C@H]1O)c1cc(O)c(O)c(O)c1. The molecule has 286 valence electrons. The number of hydrogen-bond donors (Lipinski definition) is 11. The molecular formula is C34H24O21. The molecule has 0 amide bonds. The van der Waals surface area contributed by atoms with E-state index in [0.29, 0.717) is 30.3 Å². The summed E-state index contributed by atoms with van der Waals surface area (Å²) in [6.45, 7) is -0.996. The number of hydrogen-bond acceptors (Lipinski definition) is 21. The summed E-state index contributed by atoms with van der Waals surface area (Å²) in [6, 6.07) is 4.04. The van der Waals surface area contributed by atoms with E-state index in [1.165, 1.54) is 0 Å². The maximum atomic E-state index is 14.0. The third-order valence-electron chi connectivity index (χ3n) is 8.68. The second-order valence-electron chi connectivity index (χ2n) is 12.1. The minimum absolute atomic E-state index is 0.412. The fourth-order valence-electron chi connectivity index (χ4n) is 6.02.